The van der Waals surface area contributed by atoms with E-state index in [0.29, 0.717) is 13.0 Å². The summed E-state index contributed by atoms with van der Waals surface area (Å²) >= 11 is 0. The van der Waals surface area contributed by atoms with Crippen LogP contribution in [-0.2, 0) is 16.8 Å². The predicted molar refractivity (Wildman–Crippen MR) is 87.8 cm³/mol. The standard InChI is InChI=1S/C18H29NO2/c1-8-18(7,16(20)21)19-11-15-12(2)9-14(10-13(15)3)17(4,5)6/h9-10,19H,8,11H2,1-7H3,(H,20,21). The summed E-state index contributed by atoms with van der Waals surface area (Å²) in [4.78, 5) is 11.4. The first-order valence-electron chi connectivity index (χ1n) is 7.60. The van der Waals surface area contributed by atoms with Gasteiger partial charge in [-0.1, -0.05) is 39.8 Å². The van der Waals surface area contributed by atoms with Crippen LogP contribution in [-0.4, -0.2) is 16.6 Å². The van der Waals surface area contributed by atoms with Gasteiger partial charge < -0.3 is 5.11 Å². The number of aryl methyl sites for hydroxylation is 2. The van der Waals surface area contributed by atoms with Crippen LogP contribution in [0.5, 0.6) is 0 Å². The fourth-order valence-corrected chi connectivity index (χ4v) is 2.34. The summed E-state index contributed by atoms with van der Waals surface area (Å²) in [6, 6.07) is 4.43. The molecule has 0 heterocycles. The van der Waals surface area contributed by atoms with Crippen LogP contribution in [0.1, 0.15) is 63.3 Å². The number of carbonyl (C=O) groups is 1. The molecule has 0 fully saturated rings. The molecule has 0 aliphatic carbocycles. The summed E-state index contributed by atoms with van der Waals surface area (Å²) in [6.45, 7) is 15.0. The average Bonchev–Trinajstić information content (AvgIpc) is 2.35. The zero-order chi connectivity index (χ0) is 16.4. The van der Waals surface area contributed by atoms with Crippen LogP contribution >= 0.6 is 0 Å². The Morgan fingerprint density at radius 1 is 1.14 bits per heavy atom. The number of aliphatic carboxylic acids is 1. The van der Waals surface area contributed by atoms with Crippen molar-refractivity contribution in [1.82, 2.24) is 5.32 Å². The van der Waals surface area contributed by atoms with Gasteiger partial charge in [0.1, 0.15) is 5.54 Å². The van der Waals surface area contributed by atoms with E-state index in [1.54, 1.807) is 6.92 Å². The van der Waals surface area contributed by atoms with Gasteiger partial charge in [0, 0.05) is 6.54 Å². The van der Waals surface area contributed by atoms with E-state index in [1.165, 1.54) is 22.3 Å². The number of rotatable bonds is 5. The molecular weight excluding hydrogens is 262 g/mol. The molecule has 3 nitrogen and oxygen atoms in total. The summed E-state index contributed by atoms with van der Waals surface area (Å²) in [6.07, 6.45) is 0.556. The highest BCUT2D eigenvalue weighted by Gasteiger charge is 2.30. The van der Waals surface area contributed by atoms with E-state index in [4.69, 9.17) is 0 Å². The van der Waals surface area contributed by atoms with Crippen molar-refractivity contribution < 1.29 is 9.90 Å². The Labute approximate surface area is 128 Å². The molecule has 0 saturated carbocycles. The van der Waals surface area contributed by atoms with Gasteiger partial charge in [0.2, 0.25) is 0 Å². The first kappa shape index (κ1) is 17.7. The third kappa shape index (κ3) is 4.07. The maximum absolute atomic E-state index is 11.4. The second kappa shape index (κ2) is 6.18. The van der Waals surface area contributed by atoms with Gasteiger partial charge in [-0.2, -0.15) is 0 Å². The van der Waals surface area contributed by atoms with E-state index in [-0.39, 0.29) is 5.41 Å². The van der Waals surface area contributed by atoms with Crippen LogP contribution in [0.2, 0.25) is 0 Å². The smallest absolute Gasteiger partial charge is 0.323 e. The number of hydrogen-bond donors (Lipinski definition) is 2. The van der Waals surface area contributed by atoms with Crippen molar-refractivity contribution in [3.8, 4) is 0 Å². The van der Waals surface area contributed by atoms with Gasteiger partial charge in [-0.25, -0.2) is 0 Å². The zero-order valence-electron chi connectivity index (χ0n) is 14.4. The molecule has 0 spiro atoms. The zero-order valence-corrected chi connectivity index (χ0v) is 14.4. The molecule has 0 aromatic heterocycles. The van der Waals surface area contributed by atoms with Crippen molar-refractivity contribution in [3.63, 3.8) is 0 Å². The SMILES string of the molecule is CCC(C)(NCc1c(C)cc(C(C)(C)C)cc1C)C(=O)O. The molecule has 0 aliphatic heterocycles. The van der Waals surface area contributed by atoms with Gasteiger partial charge in [-0.05, 0) is 54.9 Å². The van der Waals surface area contributed by atoms with Crippen LogP contribution in [0, 0.1) is 13.8 Å². The number of carboxylic acids is 1. The second-order valence-corrected chi connectivity index (χ2v) is 7.18. The summed E-state index contributed by atoms with van der Waals surface area (Å²) in [5, 5.41) is 12.5. The molecular formula is C18H29NO2. The van der Waals surface area contributed by atoms with Gasteiger partial charge in [0.25, 0.3) is 0 Å². The predicted octanol–water partition coefficient (Wildman–Crippen LogP) is 3.94. The third-order valence-corrected chi connectivity index (χ3v) is 4.40. The Kier molecular flexibility index (Phi) is 5.21. The van der Waals surface area contributed by atoms with Crippen LogP contribution in [0.25, 0.3) is 0 Å². The van der Waals surface area contributed by atoms with Crippen LogP contribution in [0.4, 0.5) is 0 Å². The third-order valence-electron chi connectivity index (χ3n) is 4.40. The van der Waals surface area contributed by atoms with Gasteiger partial charge >= 0.3 is 5.97 Å². The van der Waals surface area contributed by atoms with Gasteiger partial charge in [0.15, 0.2) is 0 Å². The van der Waals surface area contributed by atoms with Crippen LogP contribution < -0.4 is 5.32 Å². The lowest BCUT2D eigenvalue weighted by Crippen LogP contribution is -2.48. The molecule has 0 bridgehead atoms. The molecule has 0 saturated heterocycles. The van der Waals surface area contributed by atoms with Crippen molar-refractivity contribution in [2.45, 2.75) is 72.4 Å². The van der Waals surface area contributed by atoms with Gasteiger partial charge in [-0.15, -0.1) is 0 Å². The second-order valence-electron chi connectivity index (χ2n) is 7.18. The minimum Gasteiger partial charge on any atom is -0.480 e. The van der Waals surface area contributed by atoms with E-state index in [2.05, 4.69) is 52.1 Å². The van der Waals surface area contributed by atoms with E-state index in [1.807, 2.05) is 6.92 Å². The fourth-order valence-electron chi connectivity index (χ4n) is 2.34. The first-order valence-corrected chi connectivity index (χ1v) is 7.60. The lowest BCUT2D eigenvalue weighted by molar-refractivity contribution is -0.144. The molecule has 1 rings (SSSR count). The normalized spacial score (nSPS) is 14.8. The van der Waals surface area contributed by atoms with Crippen molar-refractivity contribution >= 4 is 5.97 Å². The van der Waals surface area contributed by atoms with Gasteiger partial charge in [-0.3, -0.25) is 10.1 Å². The molecule has 1 unspecified atom stereocenters. The molecule has 2 N–H and O–H groups in total. The Balaban J connectivity index is 3.03. The number of nitrogens with one attached hydrogen (secondary N) is 1. The lowest BCUT2D eigenvalue weighted by atomic mass is 9.83. The number of carboxylic acid groups (broad SMARTS) is 1. The quantitative estimate of drug-likeness (QED) is 0.863. The highest BCUT2D eigenvalue weighted by Crippen LogP contribution is 2.27. The molecule has 0 radical (unpaired) electrons. The monoisotopic (exact) mass is 291 g/mol. The minimum absolute atomic E-state index is 0.125. The van der Waals surface area contributed by atoms with Crippen molar-refractivity contribution in [2.24, 2.45) is 0 Å². The highest BCUT2D eigenvalue weighted by atomic mass is 16.4. The Hall–Kier alpha value is -1.35. The molecule has 0 aliphatic rings. The topological polar surface area (TPSA) is 49.3 Å². The molecule has 21 heavy (non-hydrogen) atoms. The highest BCUT2D eigenvalue weighted by molar-refractivity contribution is 5.78. The molecule has 1 aromatic carbocycles. The van der Waals surface area contributed by atoms with E-state index in [0.717, 1.165) is 0 Å². The van der Waals surface area contributed by atoms with Crippen LogP contribution in [0.15, 0.2) is 12.1 Å². The lowest BCUT2D eigenvalue weighted by Gasteiger charge is -2.27. The molecule has 3 heteroatoms. The van der Waals surface area contributed by atoms with Crippen molar-refractivity contribution in [1.29, 1.82) is 0 Å². The summed E-state index contributed by atoms with van der Waals surface area (Å²) in [5.41, 5.74) is 4.20. The largest absolute Gasteiger partial charge is 0.480 e. The Morgan fingerprint density at radius 2 is 1.62 bits per heavy atom. The van der Waals surface area contributed by atoms with Gasteiger partial charge in [0.05, 0.1) is 0 Å². The molecule has 0 amide bonds. The van der Waals surface area contributed by atoms with Crippen LogP contribution in [0.3, 0.4) is 0 Å². The maximum atomic E-state index is 11.4. The van der Waals surface area contributed by atoms with Crippen molar-refractivity contribution in [2.75, 3.05) is 0 Å². The van der Waals surface area contributed by atoms with Crippen molar-refractivity contribution in [3.05, 3.63) is 34.4 Å². The molecule has 1 atom stereocenters. The maximum Gasteiger partial charge on any atom is 0.323 e. The number of hydrogen-bond acceptors (Lipinski definition) is 2. The van der Waals surface area contributed by atoms with E-state index in [9.17, 15) is 9.90 Å². The first-order chi connectivity index (χ1) is 9.51. The summed E-state index contributed by atoms with van der Waals surface area (Å²) in [5.74, 6) is -0.799. The minimum atomic E-state index is -0.873. The Morgan fingerprint density at radius 3 is 1.95 bits per heavy atom. The average molecular weight is 291 g/mol. The molecule has 1 aromatic rings. The van der Waals surface area contributed by atoms with E-state index >= 15 is 0 Å². The number of benzene rings is 1. The molecule has 118 valence electrons. The summed E-state index contributed by atoms with van der Waals surface area (Å²) in [7, 11) is 0. The fraction of sp³-hybridized carbons (Fsp3) is 0.611. The summed E-state index contributed by atoms with van der Waals surface area (Å²) < 4.78 is 0. The van der Waals surface area contributed by atoms with E-state index < -0.39 is 11.5 Å². The Bertz CT molecular complexity index is 506.